The summed E-state index contributed by atoms with van der Waals surface area (Å²) in [4.78, 5) is 143. The van der Waals surface area contributed by atoms with E-state index in [1.807, 2.05) is 0 Å². The number of ether oxygens (including phenoxy) is 8. The molecule has 87 heavy (non-hydrogen) atoms. The van der Waals surface area contributed by atoms with Crippen LogP contribution in [0.5, 0.6) is 23.0 Å². The number of aromatic amines is 1. The highest BCUT2D eigenvalue weighted by Gasteiger charge is 2.55. The number of carbonyl (C=O) groups excluding carboxylic acids is 8. The highest BCUT2D eigenvalue weighted by atomic mass is 16.6. The number of esters is 5. The van der Waals surface area contributed by atoms with E-state index in [1.165, 1.54) is 62.9 Å². The van der Waals surface area contributed by atoms with Gasteiger partial charge in [-0.05, 0) is 74.4 Å². The number of aryl methyl sites for hydroxylation is 2. The number of anilines is 1. The minimum atomic E-state index is -1.75. The fourth-order valence-corrected chi connectivity index (χ4v) is 9.66. The Kier molecular flexibility index (Phi) is 21.6. The van der Waals surface area contributed by atoms with E-state index >= 15 is 0 Å². The lowest BCUT2D eigenvalue weighted by atomic mass is 9.77. The number of hydrogen-bond acceptors (Lipinski definition) is 22. The number of carboxylic acid groups (broad SMARTS) is 1. The number of aromatic nitrogens is 4. The fraction of sp³-hybridized carbons (Fsp3) is 0.361. The number of nitrogens with two attached hydrogens (primary N) is 1. The van der Waals surface area contributed by atoms with Crippen LogP contribution in [0.1, 0.15) is 123 Å². The number of carbonyl (C=O) groups is 9. The van der Waals surface area contributed by atoms with E-state index in [1.54, 1.807) is 36.4 Å². The van der Waals surface area contributed by atoms with E-state index < -0.39 is 58.8 Å². The van der Waals surface area contributed by atoms with Crippen LogP contribution in [0, 0.1) is 5.92 Å². The van der Waals surface area contributed by atoms with Crippen molar-refractivity contribution in [3.05, 3.63) is 140 Å². The zero-order valence-electron chi connectivity index (χ0n) is 47.6. The summed E-state index contributed by atoms with van der Waals surface area (Å²) in [7, 11) is 2.90. The highest BCUT2D eigenvalue weighted by Crippen LogP contribution is 2.57. The quantitative estimate of drug-likeness (QED) is 0.0123. The highest BCUT2D eigenvalue weighted by molar-refractivity contribution is 6.09. The van der Waals surface area contributed by atoms with Gasteiger partial charge in [-0.1, -0.05) is 36.4 Å². The molecule has 0 saturated carbocycles. The number of nitrogen functional groups attached to an aromatic ring is 1. The molecular formula is C61H63N7O19. The summed E-state index contributed by atoms with van der Waals surface area (Å²) >= 11 is 0. The van der Waals surface area contributed by atoms with Gasteiger partial charge in [-0.2, -0.15) is 4.98 Å². The van der Waals surface area contributed by atoms with Gasteiger partial charge in [0.1, 0.15) is 36.2 Å². The predicted molar refractivity (Wildman–Crippen MR) is 305 cm³/mol. The van der Waals surface area contributed by atoms with Gasteiger partial charge in [0.2, 0.25) is 11.9 Å². The monoisotopic (exact) mass is 1200 g/mol. The number of benzene rings is 4. The molecule has 6 N–H and O–H groups in total. The number of methoxy groups -OCH3 is 2. The van der Waals surface area contributed by atoms with Crippen LogP contribution < -0.4 is 36.1 Å². The summed E-state index contributed by atoms with van der Waals surface area (Å²) in [6.45, 7) is 0.862. The summed E-state index contributed by atoms with van der Waals surface area (Å²) in [6, 6.07) is 20.2. The van der Waals surface area contributed by atoms with Crippen LogP contribution in [0.25, 0.3) is 11.2 Å². The molecular weight excluding hydrogens is 1130 g/mol. The number of ketones is 1. The lowest BCUT2D eigenvalue weighted by Crippen LogP contribution is -2.33. The first-order valence-electron chi connectivity index (χ1n) is 27.9. The van der Waals surface area contributed by atoms with Crippen molar-refractivity contribution in [3.8, 4) is 23.0 Å². The van der Waals surface area contributed by atoms with Gasteiger partial charge in [0.05, 0.1) is 67.8 Å². The smallest absolute Gasteiger partial charge is 0.340 e. The zero-order valence-corrected chi connectivity index (χ0v) is 47.6. The third-order valence-electron chi connectivity index (χ3n) is 14.0. The second kappa shape index (κ2) is 29.7. The Morgan fingerprint density at radius 1 is 0.690 bits per heavy atom. The molecule has 26 heteroatoms. The van der Waals surface area contributed by atoms with E-state index in [2.05, 4.69) is 30.6 Å². The molecule has 0 radical (unpaired) electrons. The largest absolute Gasteiger partial charge is 0.481 e. The third kappa shape index (κ3) is 16.3. The van der Waals surface area contributed by atoms with Crippen molar-refractivity contribution in [3.63, 3.8) is 0 Å². The maximum absolute atomic E-state index is 14.2. The number of nitrogens with one attached hydrogen (secondary N) is 3. The number of Topliss-reactive ketones (excluding diaryl/α,β-unsaturated/α-hetero) is 1. The standard InChI is InChI=1S/C61H63N7O19/c1-80-27-29-82-49(71)21-23-51(73)84-39-16-18-42-46(32-39)86-47-33-40(85-52(74)24-22-50(72)83-30-28-81-2)17-19-43(47)61(42)44-8-6-7-41(53(44)59(79)87-61)56(75)64-26-5-3-4-25-63-48(70)20-14-37(58(77)78)31-45(69)36-12-9-35(10-13-36)11-15-38-34-65-55-54(66-38)57(76)68-60(62)67-55/h6-10,12-13,16-19,32-34,37H,3-5,11,14-15,20-31H2,1-2H3,(H,63,70)(H,64,75)(H,77,78)(H3,62,65,67,68,76). The molecule has 2 aliphatic rings. The second-order valence-corrected chi connectivity index (χ2v) is 20.1. The Labute approximate surface area is 496 Å². The number of hydrogen-bond donors (Lipinski definition) is 5. The van der Waals surface area contributed by atoms with Gasteiger partial charge in [-0.15, -0.1) is 0 Å². The molecule has 8 rings (SSSR count). The van der Waals surface area contributed by atoms with Crippen molar-refractivity contribution in [1.29, 1.82) is 0 Å². The Morgan fingerprint density at radius 3 is 1.91 bits per heavy atom. The van der Waals surface area contributed by atoms with Crippen LogP contribution in [0.15, 0.2) is 89.9 Å². The molecule has 4 heterocycles. The number of carboxylic acids is 1. The van der Waals surface area contributed by atoms with Crippen molar-refractivity contribution < 1.29 is 86.2 Å². The molecule has 6 aromatic rings. The number of unbranched alkanes of at least 4 members (excludes halogenated alkanes) is 2. The minimum absolute atomic E-state index is 0.0101. The Bertz CT molecular complexity index is 3550. The molecule has 2 aromatic heterocycles. The Balaban J connectivity index is 0.837. The van der Waals surface area contributed by atoms with E-state index in [-0.39, 0.29) is 164 Å². The second-order valence-electron chi connectivity index (χ2n) is 20.1. The molecule has 0 bridgehead atoms. The van der Waals surface area contributed by atoms with Gasteiger partial charge < -0.3 is 59.4 Å². The van der Waals surface area contributed by atoms with Crippen LogP contribution in [0.2, 0.25) is 0 Å². The van der Waals surface area contributed by atoms with Gasteiger partial charge in [0.25, 0.3) is 11.5 Å². The molecule has 456 valence electrons. The number of aliphatic carboxylic acids is 1. The molecule has 0 aliphatic carbocycles. The Hall–Kier alpha value is -9.95. The summed E-state index contributed by atoms with van der Waals surface area (Å²) in [5.41, 5.74) is 6.11. The maximum Gasteiger partial charge on any atom is 0.340 e. The number of H-pyrrole nitrogens is 1. The average molecular weight is 1200 g/mol. The molecule has 1 atom stereocenters. The lowest BCUT2D eigenvalue weighted by Gasteiger charge is -2.36. The van der Waals surface area contributed by atoms with Gasteiger partial charge in [-0.3, -0.25) is 48.1 Å². The van der Waals surface area contributed by atoms with Crippen molar-refractivity contribution in [2.75, 3.05) is 59.5 Å². The minimum Gasteiger partial charge on any atom is -0.481 e. The van der Waals surface area contributed by atoms with Gasteiger partial charge in [-0.25, -0.2) is 14.8 Å². The fourth-order valence-electron chi connectivity index (χ4n) is 9.66. The number of amides is 2. The first-order chi connectivity index (χ1) is 42.0. The maximum atomic E-state index is 14.2. The summed E-state index contributed by atoms with van der Waals surface area (Å²) < 4.78 is 43.6. The van der Waals surface area contributed by atoms with Crippen LogP contribution in [-0.2, 0) is 70.9 Å². The van der Waals surface area contributed by atoms with Crippen LogP contribution in [0.4, 0.5) is 5.95 Å². The molecule has 1 unspecified atom stereocenters. The normalized spacial score (nSPS) is 12.8. The molecule has 26 nitrogen and oxygen atoms in total. The van der Waals surface area contributed by atoms with Gasteiger partial charge in [0, 0.05) is 74.5 Å². The zero-order chi connectivity index (χ0) is 62.0. The summed E-state index contributed by atoms with van der Waals surface area (Å²) in [5, 5.41) is 15.6. The average Bonchev–Trinajstić information content (AvgIpc) is 1.62. The van der Waals surface area contributed by atoms with Gasteiger partial charge >= 0.3 is 35.8 Å². The van der Waals surface area contributed by atoms with E-state index in [4.69, 9.17) is 43.6 Å². The predicted octanol–water partition coefficient (Wildman–Crippen LogP) is 5.17. The van der Waals surface area contributed by atoms with Crippen molar-refractivity contribution >= 4 is 70.5 Å². The van der Waals surface area contributed by atoms with Gasteiger partial charge in [0.15, 0.2) is 22.5 Å². The summed E-state index contributed by atoms with van der Waals surface area (Å²) in [6.07, 6.45) is 2.41. The van der Waals surface area contributed by atoms with Crippen molar-refractivity contribution in [1.82, 2.24) is 30.6 Å². The van der Waals surface area contributed by atoms with Crippen LogP contribution in [0.3, 0.4) is 0 Å². The number of nitrogens with zero attached hydrogens (tertiary/aromatic N) is 3. The third-order valence-corrected chi connectivity index (χ3v) is 14.0. The number of fused-ring (bicyclic) bond motifs is 7. The molecule has 0 saturated heterocycles. The van der Waals surface area contributed by atoms with Crippen LogP contribution in [-0.4, -0.2) is 132 Å². The van der Waals surface area contributed by atoms with Crippen molar-refractivity contribution in [2.24, 2.45) is 5.92 Å². The van der Waals surface area contributed by atoms with Crippen LogP contribution >= 0.6 is 0 Å². The molecule has 2 amide bonds. The topological polar surface area (TPSA) is 369 Å². The summed E-state index contributed by atoms with van der Waals surface area (Å²) in [5.74, 6) is -7.17. The number of rotatable bonds is 31. The SMILES string of the molecule is COCCOC(=O)CCC(=O)Oc1ccc2c(c1)Oc1cc(OC(=O)CCC(=O)OCCOC)ccc1C21OC(=O)c2c(C(=O)NCCCCCNC(=O)CCC(CC(=O)c3ccc(CCc4cnc5nc(N)[nH]c(=O)c5n4)cc3)C(=O)O)cccc21. The molecule has 1 spiro atoms. The van der Waals surface area contributed by atoms with E-state index in [0.717, 1.165) is 5.56 Å². The first-order valence-corrected chi connectivity index (χ1v) is 27.9. The molecule has 4 aromatic carbocycles. The molecule has 0 fully saturated rings. The van der Waals surface area contributed by atoms with E-state index in [0.29, 0.717) is 43.4 Å². The lowest BCUT2D eigenvalue weighted by molar-refractivity contribution is -0.148. The molecule has 2 aliphatic heterocycles. The first kappa shape index (κ1) is 63.1. The van der Waals surface area contributed by atoms with E-state index in [9.17, 15) is 53.1 Å². The Morgan fingerprint density at radius 2 is 1.30 bits per heavy atom. The van der Waals surface area contributed by atoms with Crippen molar-refractivity contribution in [2.45, 2.75) is 82.7 Å².